The Labute approximate surface area is 156 Å². The highest BCUT2D eigenvalue weighted by atomic mass is 32.1. The van der Waals surface area contributed by atoms with Crippen LogP contribution in [0.2, 0.25) is 0 Å². The molecule has 0 saturated heterocycles. The highest BCUT2D eigenvalue weighted by Crippen LogP contribution is 2.13. The molecule has 0 aliphatic carbocycles. The van der Waals surface area contributed by atoms with Crippen LogP contribution in [-0.4, -0.2) is 11.2 Å². The van der Waals surface area contributed by atoms with E-state index in [0.29, 0.717) is 0 Å². The number of thiocarbonyl (C=S) groups is 1. The third-order valence-corrected chi connectivity index (χ3v) is 2.51. The number of carbonyl (C=O) groups is 1. The zero-order valence-electron chi connectivity index (χ0n) is 17.1. The van der Waals surface area contributed by atoms with Crippen LogP contribution in [0.1, 0.15) is 61.8 Å². The van der Waals surface area contributed by atoms with E-state index in [4.69, 9.17) is 0 Å². The van der Waals surface area contributed by atoms with Gasteiger partial charge < -0.3 is 0 Å². The second-order valence-electron chi connectivity index (χ2n) is 5.24. The average molecular weight is 351 g/mol. The van der Waals surface area contributed by atoms with Crippen LogP contribution in [0.15, 0.2) is 60.8 Å². The molecule has 1 unspecified atom stereocenters. The minimum Gasteiger partial charge on any atom is -0.299 e. The van der Waals surface area contributed by atoms with Gasteiger partial charge in [0.15, 0.2) is 0 Å². The Kier molecular flexibility index (Phi) is 30.0. The van der Waals surface area contributed by atoms with Crippen molar-refractivity contribution in [3.63, 3.8) is 0 Å². The summed E-state index contributed by atoms with van der Waals surface area (Å²) < 4.78 is 0. The molecule has 0 aliphatic heterocycles. The summed E-state index contributed by atoms with van der Waals surface area (Å²) in [6, 6.07) is 0. The highest BCUT2D eigenvalue weighted by molar-refractivity contribution is 7.78. The number of Topliss-reactive ketones (excluding diaryl/α,β-unsaturated/α-hetero) is 1. The summed E-state index contributed by atoms with van der Waals surface area (Å²) in [6.45, 7) is 26.3. The predicted octanol–water partition coefficient (Wildman–Crippen LogP) is 7.46. The van der Waals surface area contributed by atoms with Gasteiger partial charge in [0.05, 0.1) is 0 Å². The molecule has 0 aromatic rings. The Hall–Kier alpha value is -1.54. The molecule has 0 fully saturated rings. The van der Waals surface area contributed by atoms with Crippen LogP contribution in [0, 0.1) is 5.92 Å². The largest absolute Gasteiger partial charge is 0.299 e. The van der Waals surface area contributed by atoms with E-state index in [0.717, 1.165) is 16.7 Å². The number of hydrogen-bond acceptors (Lipinski definition) is 2. The van der Waals surface area contributed by atoms with Crippen molar-refractivity contribution in [2.45, 2.75) is 61.8 Å². The van der Waals surface area contributed by atoms with Gasteiger partial charge in [0.1, 0.15) is 5.78 Å². The van der Waals surface area contributed by atoms with E-state index in [1.54, 1.807) is 18.4 Å². The molecule has 0 spiro atoms. The molecule has 0 amide bonds. The van der Waals surface area contributed by atoms with Gasteiger partial charge in [-0.2, -0.15) is 0 Å². The van der Waals surface area contributed by atoms with Gasteiger partial charge in [-0.05, 0) is 45.6 Å². The first-order chi connectivity index (χ1) is 11.1. The van der Waals surface area contributed by atoms with Gasteiger partial charge >= 0.3 is 0 Å². The zero-order valence-corrected chi connectivity index (χ0v) is 17.9. The Morgan fingerprint density at radius 1 is 1.08 bits per heavy atom. The third kappa shape index (κ3) is 28.6. The molecule has 0 radical (unpaired) electrons. The van der Waals surface area contributed by atoms with Crippen LogP contribution >= 0.6 is 12.2 Å². The maximum atomic E-state index is 11.0. The van der Waals surface area contributed by atoms with Crippen molar-refractivity contribution in [1.29, 1.82) is 0 Å². The molecule has 0 N–H and O–H groups in total. The van der Waals surface area contributed by atoms with Gasteiger partial charge in [-0.25, -0.2) is 0 Å². The summed E-state index contributed by atoms with van der Waals surface area (Å²) in [6.07, 6.45) is 8.68. The highest BCUT2D eigenvalue weighted by Gasteiger charge is 2.09. The second kappa shape index (κ2) is 23.7. The quantitative estimate of drug-likeness (QED) is 0.378. The molecule has 0 rings (SSSR count). The zero-order chi connectivity index (χ0) is 20.1. The molecular formula is C22H38OS. The molecule has 0 aliphatic rings. The summed E-state index contributed by atoms with van der Waals surface area (Å²) in [7, 11) is 0. The molecule has 1 nitrogen and oxygen atoms in total. The standard InChI is InChI=1S/C11H16O.C6H10.C3H8.C2H4S/c1-5-7-11(8-6-2)9(3)10(4)12;1-5(2)6(3)4;1-3-2;1-2-3/h5-9H,1H2,2-4H3;1,3H2,2,4H3;3H2,1-2H3;2H,1H3/b8-6-,11-7+;;;. The van der Waals surface area contributed by atoms with E-state index in [2.05, 4.69) is 45.8 Å². The monoisotopic (exact) mass is 350 g/mol. The van der Waals surface area contributed by atoms with Crippen molar-refractivity contribution < 1.29 is 4.79 Å². The van der Waals surface area contributed by atoms with Crippen molar-refractivity contribution in [2.75, 3.05) is 0 Å². The summed E-state index contributed by atoms with van der Waals surface area (Å²) in [5.74, 6) is 0.153. The molecule has 0 saturated carbocycles. The molecule has 24 heavy (non-hydrogen) atoms. The average Bonchev–Trinajstić information content (AvgIpc) is 2.48. The lowest BCUT2D eigenvalue weighted by atomic mass is 9.96. The first-order valence-corrected chi connectivity index (χ1v) is 8.74. The van der Waals surface area contributed by atoms with Crippen LogP contribution in [0.25, 0.3) is 0 Å². The van der Waals surface area contributed by atoms with Crippen LogP contribution in [-0.2, 0) is 4.79 Å². The van der Waals surface area contributed by atoms with Gasteiger partial charge in [-0.1, -0.05) is 94.6 Å². The fourth-order valence-corrected chi connectivity index (χ4v) is 0.907. The number of ketones is 1. The lowest BCUT2D eigenvalue weighted by Gasteiger charge is -2.07. The summed E-state index contributed by atoms with van der Waals surface area (Å²) in [5, 5.41) is 1.58. The topological polar surface area (TPSA) is 17.1 Å². The fourth-order valence-electron chi connectivity index (χ4n) is 0.907. The second-order valence-corrected chi connectivity index (χ2v) is 5.71. The molecule has 0 aromatic heterocycles. The predicted molar refractivity (Wildman–Crippen MR) is 118 cm³/mol. The first-order valence-electron chi connectivity index (χ1n) is 8.27. The molecule has 0 bridgehead atoms. The Balaban J connectivity index is -0.000000138. The number of rotatable bonds is 5. The van der Waals surface area contributed by atoms with E-state index in [-0.39, 0.29) is 11.7 Å². The van der Waals surface area contributed by atoms with Crippen molar-refractivity contribution in [1.82, 2.24) is 0 Å². The molecule has 1 atom stereocenters. The summed E-state index contributed by atoms with van der Waals surface area (Å²) >= 11 is 4.27. The molecule has 138 valence electrons. The fraction of sp³-hybridized carbons (Fsp3) is 0.455. The lowest BCUT2D eigenvalue weighted by Crippen LogP contribution is -2.07. The smallest absolute Gasteiger partial charge is 0.136 e. The van der Waals surface area contributed by atoms with Crippen LogP contribution in [0.4, 0.5) is 0 Å². The number of allylic oxidation sites excluding steroid dienone is 7. The summed E-state index contributed by atoms with van der Waals surface area (Å²) in [5.41, 5.74) is 3.14. The Morgan fingerprint density at radius 3 is 1.58 bits per heavy atom. The molecule has 0 heterocycles. The SMILES string of the molecule is C=C(C)C(=C)C.C=C/C=C(\C=C/C)C(C)C(C)=O.CC=S.CCC. The van der Waals surface area contributed by atoms with Crippen molar-refractivity contribution in [3.05, 3.63) is 60.8 Å². The van der Waals surface area contributed by atoms with Crippen LogP contribution in [0.5, 0.6) is 0 Å². The maximum absolute atomic E-state index is 11.0. The first kappa shape index (κ1) is 30.4. The van der Waals surface area contributed by atoms with Crippen LogP contribution in [0.3, 0.4) is 0 Å². The number of carbonyl (C=O) groups excluding carboxylic acids is 1. The lowest BCUT2D eigenvalue weighted by molar-refractivity contribution is -0.119. The van der Waals surface area contributed by atoms with E-state index < -0.39 is 0 Å². The summed E-state index contributed by atoms with van der Waals surface area (Å²) in [4.78, 5) is 11.0. The van der Waals surface area contributed by atoms with Crippen LogP contribution < -0.4 is 0 Å². The van der Waals surface area contributed by atoms with Gasteiger partial charge in [0.2, 0.25) is 0 Å². The van der Waals surface area contributed by atoms with Crippen molar-refractivity contribution in [3.8, 4) is 0 Å². The third-order valence-electron chi connectivity index (χ3n) is 2.51. The minimum absolute atomic E-state index is 0.0285. The molecule has 2 heteroatoms. The van der Waals surface area contributed by atoms with Gasteiger partial charge in [-0.15, -0.1) is 0 Å². The van der Waals surface area contributed by atoms with E-state index in [1.165, 1.54) is 6.42 Å². The van der Waals surface area contributed by atoms with E-state index >= 15 is 0 Å². The Morgan fingerprint density at radius 2 is 1.42 bits per heavy atom. The normalized spacial score (nSPS) is 10.6. The van der Waals surface area contributed by atoms with E-state index in [9.17, 15) is 4.79 Å². The van der Waals surface area contributed by atoms with Gasteiger partial charge in [0.25, 0.3) is 0 Å². The Bertz CT molecular complexity index is 413. The van der Waals surface area contributed by atoms with E-state index in [1.807, 2.05) is 52.8 Å². The molecular weight excluding hydrogens is 312 g/mol. The molecule has 0 aromatic carbocycles. The maximum Gasteiger partial charge on any atom is 0.136 e. The van der Waals surface area contributed by atoms with Gasteiger partial charge in [-0.3, -0.25) is 4.79 Å². The van der Waals surface area contributed by atoms with Crippen molar-refractivity contribution >= 4 is 23.4 Å². The van der Waals surface area contributed by atoms with Crippen molar-refractivity contribution in [2.24, 2.45) is 5.92 Å². The number of hydrogen-bond donors (Lipinski definition) is 0. The van der Waals surface area contributed by atoms with Gasteiger partial charge in [0, 0.05) is 5.92 Å². The minimum atomic E-state index is -0.0285.